The fourth-order valence-corrected chi connectivity index (χ4v) is 3.68. The summed E-state index contributed by atoms with van der Waals surface area (Å²) in [7, 11) is -0.690. The van der Waals surface area contributed by atoms with Crippen LogP contribution in [-0.2, 0) is 30.0 Å². The zero-order valence-electron chi connectivity index (χ0n) is 19.2. The van der Waals surface area contributed by atoms with Gasteiger partial charge in [0, 0.05) is 26.4 Å². The lowest BCUT2D eigenvalue weighted by Gasteiger charge is -2.36. The van der Waals surface area contributed by atoms with Crippen LogP contribution in [0.25, 0.3) is 0 Å². The Morgan fingerprint density at radius 2 is 1.63 bits per heavy atom. The van der Waals surface area contributed by atoms with Crippen molar-refractivity contribution in [2.75, 3.05) is 13.7 Å². The minimum atomic E-state index is -1.97. The average molecular weight is 437 g/mol. The van der Waals surface area contributed by atoms with Crippen molar-refractivity contribution in [3.8, 4) is 0 Å². The summed E-state index contributed by atoms with van der Waals surface area (Å²) in [6.45, 7) is 12.4. The molecule has 0 heterocycles. The summed E-state index contributed by atoms with van der Waals surface area (Å²) < 4.78 is 11.0. The van der Waals surface area contributed by atoms with Gasteiger partial charge in [0.25, 0.3) is 0 Å². The lowest BCUT2D eigenvalue weighted by atomic mass is 10.0. The van der Waals surface area contributed by atoms with Crippen LogP contribution in [0.3, 0.4) is 0 Å². The highest BCUT2D eigenvalue weighted by molar-refractivity contribution is 6.74. The second-order valence-corrected chi connectivity index (χ2v) is 13.7. The molecule has 7 nitrogen and oxygen atoms in total. The molecule has 1 aromatic rings. The van der Waals surface area contributed by atoms with E-state index in [0.29, 0.717) is 19.4 Å². The summed E-state index contributed by atoms with van der Waals surface area (Å²) in [5, 5.41) is 5.43. The third kappa shape index (κ3) is 8.28. The van der Waals surface area contributed by atoms with Crippen molar-refractivity contribution in [1.82, 2.24) is 10.6 Å². The lowest BCUT2D eigenvalue weighted by molar-refractivity contribution is -0.145. The third-order valence-electron chi connectivity index (χ3n) is 5.45. The standard InChI is InChI=1S/C22H36N2O5Si/c1-16(25)23-19(15-17-11-9-8-10-12-17)20(26)24-18(21(27)28-5)13-14-29-30(6,7)22(2,3)4/h8-12,18-19H,13-15H2,1-7H3,(H,23,25)(H,24,26)/t18-,19+/m0/s1. The van der Waals surface area contributed by atoms with Crippen LogP contribution in [0.2, 0.25) is 18.1 Å². The van der Waals surface area contributed by atoms with Gasteiger partial charge in [-0.05, 0) is 23.7 Å². The van der Waals surface area contributed by atoms with E-state index < -0.39 is 32.3 Å². The smallest absolute Gasteiger partial charge is 0.328 e. The minimum Gasteiger partial charge on any atom is -0.467 e. The summed E-state index contributed by atoms with van der Waals surface area (Å²) >= 11 is 0. The molecule has 0 aliphatic heterocycles. The first kappa shape index (κ1) is 25.8. The van der Waals surface area contributed by atoms with Gasteiger partial charge in [-0.3, -0.25) is 9.59 Å². The molecule has 0 aromatic heterocycles. The molecule has 0 unspecified atom stereocenters. The molecular weight excluding hydrogens is 400 g/mol. The number of nitrogens with one attached hydrogen (secondary N) is 2. The molecule has 0 spiro atoms. The number of rotatable bonds is 10. The quantitative estimate of drug-likeness (QED) is 0.434. The number of benzene rings is 1. The molecular formula is C22H36N2O5Si. The molecule has 168 valence electrons. The summed E-state index contributed by atoms with van der Waals surface area (Å²) in [6, 6.07) is 7.74. The van der Waals surface area contributed by atoms with Crippen LogP contribution in [0.1, 0.15) is 39.7 Å². The maximum atomic E-state index is 12.9. The van der Waals surface area contributed by atoms with Gasteiger partial charge in [0.05, 0.1) is 7.11 Å². The first-order chi connectivity index (χ1) is 13.9. The summed E-state index contributed by atoms with van der Waals surface area (Å²) in [4.78, 5) is 36.7. The molecule has 0 bridgehead atoms. The van der Waals surface area contributed by atoms with Crippen LogP contribution >= 0.6 is 0 Å². The van der Waals surface area contributed by atoms with Gasteiger partial charge < -0.3 is 19.8 Å². The van der Waals surface area contributed by atoms with Crippen molar-refractivity contribution in [2.24, 2.45) is 0 Å². The number of esters is 1. The van der Waals surface area contributed by atoms with E-state index in [0.717, 1.165) is 5.56 Å². The van der Waals surface area contributed by atoms with E-state index >= 15 is 0 Å². The molecule has 2 amide bonds. The molecule has 0 fully saturated rings. The van der Waals surface area contributed by atoms with E-state index in [1.54, 1.807) is 0 Å². The third-order valence-corrected chi connectivity index (χ3v) is 9.99. The molecule has 1 rings (SSSR count). The predicted molar refractivity (Wildman–Crippen MR) is 119 cm³/mol. The van der Waals surface area contributed by atoms with Crippen LogP contribution in [0.15, 0.2) is 30.3 Å². The van der Waals surface area contributed by atoms with Gasteiger partial charge in [-0.2, -0.15) is 0 Å². The van der Waals surface area contributed by atoms with Gasteiger partial charge in [0.1, 0.15) is 12.1 Å². The van der Waals surface area contributed by atoms with Crippen LogP contribution in [-0.4, -0.2) is 51.9 Å². The molecule has 2 atom stereocenters. The Bertz CT molecular complexity index is 716. The number of methoxy groups -OCH3 is 1. The molecule has 0 radical (unpaired) electrons. The SMILES string of the molecule is COC(=O)[C@H](CCO[Si](C)(C)C(C)(C)C)NC(=O)[C@@H](Cc1ccccc1)NC(C)=O. The number of amides is 2. The topological polar surface area (TPSA) is 93.7 Å². The maximum Gasteiger partial charge on any atom is 0.328 e. The Balaban J connectivity index is 2.83. The highest BCUT2D eigenvalue weighted by Crippen LogP contribution is 2.36. The second-order valence-electron chi connectivity index (χ2n) is 8.92. The first-order valence-electron chi connectivity index (χ1n) is 10.2. The summed E-state index contributed by atoms with van der Waals surface area (Å²) in [5.41, 5.74) is 0.905. The van der Waals surface area contributed by atoms with E-state index in [4.69, 9.17) is 9.16 Å². The van der Waals surface area contributed by atoms with E-state index in [1.165, 1.54) is 14.0 Å². The van der Waals surface area contributed by atoms with Gasteiger partial charge in [-0.1, -0.05) is 51.1 Å². The Morgan fingerprint density at radius 3 is 2.13 bits per heavy atom. The molecule has 8 heteroatoms. The first-order valence-corrected chi connectivity index (χ1v) is 13.1. The highest BCUT2D eigenvalue weighted by atomic mass is 28.4. The Morgan fingerprint density at radius 1 is 1.03 bits per heavy atom. The number of hydrogen-bond acceptors (Lipinski definition) is 5. The van der Waals surface area contributed by atoms with E-state index in [9.17, 15) is 14.4 Å². The van der Waals surface area contributed by atoms with Gasteiger partial charge >= 0.3 is 5.97 Å². The van der Waals surface area contributed by atoms with Crippen LogP contribution in [0, 0.1) is 0 Å². The number of carbonyl (C=O) groups is 3. The number of hydrogen-bond donors (Lipinski definition) is 2. The summed E-state index contributed by atoms with van der Waals surface area (Å²) in [6.07, 6.45) is 0.615. The van der Waals surface area contributed by atoms with Crippen LogP contribution < -0.4 is 10.6 Å². The Labute approximate surface area is 181 Å². The zero-order valence-corrected chi connectivity index (χ0v) is 20.2. The van der Waals surface area contributed by atoms with Crippen molar-refractivity contribution in [2.45, 2.75) is 70.8 Å². The molecule has 0 aliphatic rings. The molecule has 1 aromatic carbocycles. The van der Waals surface area contributed by atoms with E-state index in [1.807, 2.05) is 30.3 Å². The maximum absolute atomic E-state index is 12.9. The fraction of sp³-hybridized carbons (Fsp3) is 0.591. The largest absolute Gasteiger partial charge is 0.467 e. The second kappa shape index (κ2) is 11.3. The van der Waals surface area contributed by atoms with Crippen LogP contribution in [0.4, 0.5) is 0 Å². The average Bonchev–Trinajstić information content (AvgIpc) is 2.65. The van der Waals surface area contributed by atoms with Crippen molar-refractivity contribution in [1.29, 1.82) is 0 Å². The van der Waals surface area contributed by atoms with Crippen LogP contribution in [0.5, 0.6) is 0 Å². The molecule has 0 aliphatic carbocycles. The Hall–Kier alpha value is -2.19. The molecule has 2 N–H and O–H groups in total. The lowest BCUT2D eigenvalue weighted by Crippen LogP contribution is -2.53. The van der Waals surface area contributed by atoms with Crippen molar-refractivity contribution in [3.63, 3.8) is 0 Å². The number of ether oxygens (including phenoxy) is 1. The molecule has 0 saturated carbocycles. The zero-order chi connectivity index (χ0) is 22.9. The van der Waals surface area contributed by atoms with Crippen molar-refractivity contribution in [3.05, 3.63) is 35.9 Å². The van der Waals surface area contributed by atoms with E-state index in [2.05, 4.69) is 44.5 Å². The monoisotopic (exact) mass is 436 g/mol. The van der Waals surface area contributed by atoms with Gasteiger partial charge in [0.15, 0.2) is 8.32 Å². The van der Waals surface area contributed by atoms with Gasteiger partial charge in [0.2, 0.25) is 11.8 Å². The van der Waals surface area contributed by atoms with Crippen molar-refractivity contribution < 1.29 is 23.5 Å². The molecule has 0 saturated heterocycles. The van der Waals surface area contributed by atoms with Gasteiger partial charge in [-0.25, -0.2) is 4.79 Å². The predicted octanol–water partition coefficient (Wildman–Crippen LogP) is 2.80. The Kier molecular flexibility index (Phi) is 9.71. The minimum absolute atomic E-state index is 0.0448. The summed E-state index contributed by atoms with van der Waals surface area (Å²) in [5.74, 6) is -1.29. The fourth-order valence-electron chi connectivity index (χ4n) is 2.62. The number of carbonyl (C=O) groups excluding carboxylic acids is 3. The van der Waals surface area contributed by atoms with Gasteiger partial charge in [-0.15, -0.1) is 0 Å². The highest BCUT2D eigenvalue weighted by Gasteiger charge is 2.37. The van der Waals surface area contributed by atoms with E-state index in [-0.39, 0.29) is 10.9 Å². The normalized spacial score (nSPS) is 13.8. The van der Waals surface area contributed by atoms with Crippen molar-refractivity contribution >= 4 is 26.1 Å². The molecule has 30 heavy (non-hydrogen) atoms.